The first-order valence-corrected chi connectivity index (χ1v) is 11.8. The van der Waals surface area contributed by atoms with Gasteiger partial charge in [0, 0.05) is 36.0 Å². The van der Waals surface area contributed by atoms with E-state index in [4.69, 9.17) is 0 Å². The summed E-state index contributed by atoms with van der Waals surface area (Å²) in [5, 5.41) is 30.1. The van der Waals surface area contributed by atoms with E-state index in [-0.39, 0.29) is 29.5 Å². The number of nitrogens with zero attached hydrogens (tertiary/aromatic N) is 1. The molecular formula is C27H21N3O4S. The van der Waals surface area contributed by atoms with E-state index in [9.17, 15) is 19.8 Å². The van der Waals surface area contributed by atoms with E-state index in [1.54, 1.807) is 6.20 Å². The number of phenolic OH excluding ortho intramolecular Hbond substituents is 2. The molecule has 0 saturated carbocycles. The minimum atomic E-state index is -0.546. The molecule has 2 heterocycles. The molecule has 3 aromatic carbocycles. The number of pyridine rings is 1. The minimum absolute atomic E-state index is 0.0897. The summed E-state index contributed by atoms with van der Waals surface area (Å²) in [6.07, 6.45) is 3.26. The molecule has 7 nitrogen and oxygen atoms in total. The highest BCUT2D eigenvalue weighted by Gasteiger charge is 2.20. The Morgan fingerprint density at radius 1 is 0.886 bits per heavy atom. The van der Waals surface area contributed by atoms with E-state index in [2.05, 4.69) is 15.6 Å². The van der Waals surface area contributed by atoms with Crippen molar-refractivity contribution in [3.63, 3.8) is 0 Å². The monoisotopic (exact) mass is 483 g/mol. The lowest BCUT2D eigenvalue weighted by Gasteiger charge is -2.21. The summed E-state index contributed by atoms with van der Waals surface area (Å²) in [4.78, 5) is 30.2. The summed E-state index contributed by atoms with van der Waals surface area (Å²) in [5.74, 6) is -1.22. The average Bonchev–Trinajstić information content (AvgIpc) is 3.34. The molecule has 2 amide bonds. The van der Waals surface area contributed by atoms with Crippen LogP contribution in [0.1, 0.15) is 32.3 Å². The molecule has 0 fully saturated rings. The molecule has 0 radical (unpaired) electrons. The van der Waals surface area contributed by atoms with Gasteiger partial charge in [0.05, 0.1) is 16.3 Å². The molecule has 0 bridgehead atoms. The highest BCUT2D eigenvalue weighted by atomic mass is 32.1. The van der Waals surface area contributed by atoms with E-state index in [1.165, 1.54) is 29.7 Å². The Hall–Kier alpha value is -4.43. The van der Waals surface area contributed by atoms with Crippen molar-refractivity contribution in [2.24, 2.45) is 0 Å². The number of hydrogen-bond donors (Lipinski definition) is 4. The normalized spacial score (nSPS) is 11.9. The molecule has 0 aliphatic carbocycles. The van der Waals surface area contributed by atoms with Crippen molar-refractivity contribution in [1.82, 2.24) is 15.6 Å². The predicted octanol–water partition coefficient (Wildman–Crippen LogP) is 4.76. The highest BCUT2D eigenvalue weighted by molar-refractivity contribution is 7.17. The first-order chi connectivity index (χ1) is 17.0. The molecule has 4 N–H and O–H groups in total. The van der Waals surface area contributed by atoms with Gasteiger partial charge in [0.25, 0.3) is 11.8 Å². The maximum absolute atomic E-state index is 13.3. The van der Waals surface area contributed by atoms with Crippen molar-refractivity contribution in [2.45, 2.75) is 6.04 Å². The van der Waals surface area contributed by atoms with Crippen LogP contribution in [-0.4, -0.2) is 33.6 Å². The topological polar surface area (TPSA) is 112 Å². The molecule has 0 spiro atoms. The Morgan fingerprint density at radius 3 is 2.46 bits per heavy atom. The van der Waals surface area contributed by atoms with Crippen LogP contribution < -0.4 is 10.6 Å². The smallest absolute Gasteiger partial charge is 0.254 e. The third-order valence-corrected chi connectivity index (χ3v) is 6.59. The second kappa shape index (κ2) is 9.44. The van der Waals surface area contributed by atoms with Crippen molar-refractivity contribution < 1.29 is 19.8 Å². The standard InChI is InChI=1S/C27H21N3O4S/c31-20-10-19(11-21(32)12-20)26(33)29-14-24(18-6-5-16-3-1-2-4-17(16)9-18)30-27(34)23-13-28-15-25-22(23)7-8-35-25/h1-13,15,24,31-32H,14H2,(H,29,33)(H,30,34). The molecule has 174 valence electrons. The largest absolute Gasteiger partial charge is 0.508 e. The van der Waals surface area contributed by atoms with Crippen LogP contribution in [0.15, 0.2) is 84.5 Å². The number of thiophene rings is 1. The zero-order valence-electron chi connectivity index (χ0n) is 18.4. The molecule has 1 unspecified atom stereocenters. The zero-order valence-corrected chi connectivity index (χ0v) is 19.3. The van der Waals surface area contributed by atoms with Gasteiger partial charge in [-0.15, -0.1) is 11.3 Å². The molecule has 5 rings (SSSR count). The Labute approximate surface area is 204 Å². The second-order valence-corrected chi connectivity index (χ2v) is 9.05. The molecular weight excluding hydrogens is 462 g/mol. The Morgan fingerprint density at radius 2 is 1.66 bits per heavy atom. The van der Waals surface area contributed by atoms with Crippen molar-refractivity contribution in [2.75, 3.05) is 6.54 Å². The molecule has 5 aromatic rings. The summed E-state index contributed by atoms with van der Waals surface area (Å²) in [6.45, 7) is 0.0897. The van der Waals surface area contributed by atoms with Crippen molar-refractivity contribution in [3.05, 3.63) is 101 Å². The number of phenols is 2. The minimum Gasteiger partial charge on any atom is -0.508 e. The van der Waals surface area contributed by atoms with E-state index in [0.717, 1.165) is 32.5 Å². The molecule has 0 aliphatic heterocycles. The fourth-order valence-corrected chi connectivity index (χ4v) is 4.79. The number of rotatable bonds is 6. The van der Waals surface area contributed by atoms with Crippen LogP contribution in [0.4, 0.5) is 0 Å². The number of carbonyl (C=O) groups excluding carboxylic acids is 2. The summed E-state index contributed by atoms with van der Waals surface area (Å²) >= 11 is 1.51. The molecule has 2 aromatic heterocycles. The third-order valence-electron chi connectivity index (χ3n) is 5.74. The number of hydrogen-bond acceptors (Lipinski definition) is 6. The van der Waals surface area contributed by atoms with Gasteiger partial charge in [0.2, 0.25) is 0 Å². The van der Waals surface area contributed by atoms with E-state index >= 15 is 0 Å². The van der Waals surface area contributed by atoms with Crippen LogP contribution in [0.25, 0.3) is 20.9 Å². The molecule has 0 saturated heterocycles. The maximum atomic E-state index is 13.3. The average molecular weight is 484 g/mol. The van der Waals surface area contributed by atoms with Crippen LogP contribution in [0.3, 0.4) is 0 Å². The fourth-order valence-electron chi connectivity index (χ4n) is 4.01. The lowest BCUT2D eigenvalue weighted by atomic mass is 10.0. The van der Waals surface area contributed by atoms with E-state index < -0.39 is 11.9 Å². The van der Waals surface area contributed by atoms with Crippen molar-refractivity contribution in [1.29, 1.82) is 0 Å². The number of nitrogens with one attached hydrogen (secondary N) is 2. The SMILES string of the molecule is O=C(NCC(NC(=O)c1cncc2sccc12)c1ccc2ccccc2c1)c1cc(O)cc(O)c1. The zero-order chi connectivity index (χ0) is 24.4. The molecule has 35 heavy (non-hydrogen) atoms. The van der Waals surface area contributed by atoms with Gasteiger partial charge in [0.1, 0.15) is 11.5 Å². The van der Waals surface area contributed by atoms with Gasteiger partial charge >= 0.3 is 0 Å². The molecule has 1 atom stereocenters. The van der Waals surface area contributed by atoms with Crippen LogP contribution in [-0.2, 0) is 0 Å². The Balaban J connectivity index is 1.44. The highest BCUT2D eigenvalue weighted by Crippen LogP contribution is 2.25. The lowest BCUT2D eigenvalue weighted by molar-refractivity contribution is 0.0909. The number of benzene rings is 3. The van der Waals surface area contributed by atoms with Gasteiger partial charge in [-0.1, -0.05) is 36.4 Å². The second-order valence-electron chi connectivity index (χ2n) is 8.10. The molecule has 8 heteroatoms. The van der Waals surface area contributed by atoms with Crippen molar-refractivity contribution in [3.8, 4) is 11.5 Å². The van der Waals surface area contributed by atoms with Gasteiger partial charge < -0.3 is 20.8 Å². The number of fused-ring (bicyclic) bond motifs is 2. The van der Waals surface area contributed by atoms with E-state index in [0.29, 0.717) is 5.56 Å². The maximum Gasteiger partial charge on any atom is 0.254 e. The van der Waals surface area contributed by atoms with Crippen LogP contribution >= 0.6 is 11.3 Å². The molecule has 0 aliphatic rings. The van der Waals surface area contributed by atoms with Gasteiger partial charge in [-0.3, -0.25) is 14.6 Å². The summed E-state index contributed by atoms with van der Waals surface area (Å²) in [6, 6.07) is 18.8. The van der Waals surface area contributed by atoms with Gasteiger partial charge in [-0.05, 0) is 46.0 Å². The number of aromatic nitrogens is 1. The van der Waals surface area contributed by atoms with Gasteiger partial charge in [-0.25, -0.2) is 0 Å². The van der Waals surface area contributed by atoms with E-state index in [1.807, 2.05) is 53.9 Å². The Kier molecular flexibility index (Phi) is 6.03. The fraction of sp³-hybridized carbons (Fsp3) is 0.0741. The van der Waals surface area contributed by atoms with Crippen molar-refractivity contribution >= 4 is 44.0 Å². The van der Waals surface area contributed by atoms with Gasteiger partial charge in [0.15, 0.2) is 0 Å². The number of aromatic hydroxyl groups is 2. The first kappa shape index (κ1) is 22.4. The number of amides is 2. The predicted molar refractivity (Wildman–Crippen MR) is 136 cm³/mol. The number of carbonyl (C=O) groups is 2. The third kappa shape index (κ3) is 4.78. The first-order valence-electron chi connectivity index (χ1n) is 10.9. The van der Waals surface area contributed by atoms with Crippen LogP contribution in [0, 0.1) is 0 Å². The lowest BCUT2D eigenvalue weighted by Crippen LogP contribution is -2.38. The summed E-state index contributed by atoms with van der Waals surface area (Å²) in [5.41, 5.74) is 1.39. The quantitative estimate of drug-likeness (QED) is 0.278. The Bertz CT molecular complexity index is 1540. The summed E-state index contributed by atoms with van der Waals surface area (Å²) < 4.78 is 0.914. The van der Waals surface area contributed by atoms with Gasteiger partial charge in [-0.2, -0.15) is 0 Å². The summed E-state index contributed by atoms with van der Waals surface area (Å²) in [7, 11) is 0. The van der Waals surface area contributed by atoms with Crippen LogP contribution in [0.2, 0.25) is 0 Å². The van der Waals surface area contributed by atoms with Crippen LogP contribution in [0.5, 0.6) is 11.5 Å².